The van der Waals surface area contributed by atoms with Crippen molar-refractivity contribution in [3.05, 3.63) is 23.8 Å². The Kier molecular flexibility index (Phi) is 5.68. The van der Waals surface area contributed by atoms with E-state index in [0.29, 0.717) is 6.54 Å². The van der Waals surface area contributed by atoms with Gasteiger partial charge in [-0.15, -0.1) is 0 Å². The maximum absolute atomic E-state index is 11.4. The van der Waals surface area contributed by atoms with E-state index in [1.165, 1.54) is 0 Å². The molecule has 0 bridgehead atoms. The van der Waals surface area contributed by atoms with E-state index in [0.717, 1.165) is 24.6 Å². The highest BCUT2D eigenvalue weighted by molar-refractivity contribution is 7.89. The molecule has 0 saturated carbocycles. The summed E-state index contributed by atoms with van der Waals surface area (Å²) in [5.41, 5.74) is -0.384. The number of ether oxygens (including phenoxy) is 1. The van der Waals surface area contributed by atoms with Gasteiger partial charge in [-0.1, -0.05) is 6.92 Å². The van der Waals surface area contributed by atoms with Crippen molar-refractivity contribution in [2.24, 2.45) is 5.14 Å². The molecule has 1 rings (SSSR count). The van der Waals surface area contributed by atoms with Crippen LogP contribution in [0.4, 0.5) is 0 Å². The van der Waals surface area contributed by atoms with Gasteiger partial charge in [-0.3, -0.25) is 4.79 Å². The molecule has 0 spiro atoms. The van der Waals surface area contributed by atoms with Gasteiger partial charge >= 0.3 is 5.97 Å². The van der Waals surface area contributed by atoms with E-state index in [2.05, 4.69) is 5.32 Å². The Bertz CT molecular complexity index is 641. The van der Waals surface area contributed by atoms with Crippen molar-refractivity contribution < 1.29 is 27.9 Å². The molecular weight excluding hydrogens is 300 g/mol. The van der Waals surface area contributed by atoms with Gasteiger partial charge in [-0.25, -0.2) is 18.4 Å². The summed E-state index contributed by atoms with van der Waals surface area (Å²) < 4.78 is 27.5. The van der Waals surface area contributed by atoms with Crippen molar-refractivity contribution >= 4 is 21.9 Å². The van der Waals surface area contributed by atoms with Gasteiger partial charge < -0.3 is 15.2 Å². The molecule has 116 valence electrons. The largest absolute Gasteiger partial charge is 0.483 e. The van der Waals surface area contributed by atoms with Gasteiger partial charge in [0.15, 0.2) is 6.61 Å². The number of sulfonamides is 1. The van der Waals surface area contributed by atoms with Crippen LogP contribution in [-0.4, -0.2) is 38.6 Å². The fourth-order valence-corrected chi connectivity index (χ4v) is 1.98. The van der Waals surface area contributed by atoms with Gasteiger partial charge in [0.25, 0.3) is 5.91 Å². The number of carbonyl (C=O) groups excluding carboxylic acids is 1. The van der Waals surface area contributed by atoms with E-state index < -0.39 is 21.9 Å². The Balaban J connectivity index is 2.93. The molecule has 0 unspecified atom stereocenters. The first-order valence-corrected chi connectivity index (χ1v) is 7.60. The molecule has 0 saturated heterocycles. The lowest BCUT2D eigenvalue weighted by Crippen LogP contribution is -2.29. The summed E-state index contributed by atoms with van der Waals surface area (Å²) in [6.07, 6.45) is 0.759. The second kappa shape index (κ2) is 7.04. The Hall–Kier alpha value is -2.13. The number of carboxylic acids is 1. The average Bonchev–Trinajstić information content (AvgIpc) is 2.41. The minimum atomic E-state index is -4.02. The number of amides is 1. The third kappa shape index (κ3) is 5.04. The summed E-state index contributed by atoms with van der Waals surface area (Å²) in [6, 6.07) is 3.15. The van der Waals surface area contributed by atoms with Crippen LogP contribution in [0.2, 0.25) is 0 Å². The molecule has 21 heavy (non-hydrogen) atoms. The maximum Gasteiger partial charge on any atom is 0.339 e. The molecular formula is C12H16N2O6S. The van der Waals surface area contributed by atoms with E-state index in [-0.39, 0.29) is 22.8 Å². The first kappa shape index (κ1) is 16.9. The Morgan fingerprint density at radius 3 is 2.57 bits per heavy atom. The van der Waals surface area contributed by atoms with E-state index in [1.807, 2.05) is 6.92 Å². The summed E-state index contributed by atoms with van der Waals surface area (Å²) in [7, 11) is -4.02. The number of nitrogens with one attached hydrogen (secondary N) is 1. The van der Waals surface area contributed by atoms with Crippen molar-refractivity contribution in [1.29, 1.82) is 0 Å². The number of rotatable bonds is 7. The first-order chi connectivity index (χ1) is 9.75. The van der Waals surface area contributed by atoms with Crippen molar-refractivity contribution in [2.45, 2.75) is 18.2 Å². The molecule has 9 heteroatoms. The predicted octanol–water partition coefficient (Wildman–Crippen LogP) is -0.0628. The van der Waals surface area contributed by atoms with Gasteiger partial charge in [0.05, 0.1) is 4.90 Å². The summed E-state index contributed by atoms with van der Waals surface area (Å²) in [6.45, 7) is 2.00. The normalized spacial score (nSPS) is 11.0. The molecule has 1 aromatic rings. The molecule has 0 atom stereocenters. The highest BCUT2D eigenvalue weighted by Gasteiger charge is 2.17. The smallest absolute Gasteiger partial charge is 0.339 e. The van der Waals surface area contributed by atoms with Crippen LogP contribution in [0.15, 0.2) is 23.1 Å². The van der Waals surface area contributed by atoms with Crippen molar-refractivity contribution in [3.63, 3.8) is 0 Å². The maximum atomic E-state index is 11.4. The zero-order valence-electron chi connectivity index (χ0n) is 11.3. The summed E-state index contributed by atoms with van der Waals surface area (Å²) >= 11 is 0. The molecule has 0 aromatic heterocycles. The molecule has 1 amide bonds. The highest BCUT2D eigenvalue weighted by atomic mass is 32.2. The zero-order chi connectivity index (χ0) is 16.0. The molecule has 0 aliphatic heterocycles. The van der Waals surface area contributed by atoms with Crippen LogP contribution in [0.1, 0.15) is 23.7 Å². The number of carbonyl (C=O) groups is 2. The molecule has 0 fully saturated rings. The standard InChI is InChI=1S/C12H16N2O6S/c1-2-5-14-11(15)7-20-10-4-3-8(21(13,18)19)6-9(10)12(16)17/h3-4,6H,2,5,7H2,1H3,(H,14,15)(H,16,17)(H2,13,18,19). The lowest BCUT2D eigenvalue weighted by Gasteiger charge is -2.10. The van der Waals surface area contributed by atoms with E-state index >= 15 is 0 Å². The number of hydrogen-bond acceptors (Lipinski definition) is 5. The van der Waals surface area contributed by atoms with Crippen LogP contribution in [0, 0.1) is 0 Å². The second-order valence-corrected chi connectivity index (χ2v) is 5.71. The Morgan fingerprint density at radius 2 is 2.05 bits per heavy atom. The summed E-state index contributed by atoms with van der Waals surface area (Å²) in [4.78, 5) is 22.1. The monoisotopic (exact) mass is 316 g/mol. The van der Waals surface area contributed by atoms with E-state index in [1.54, 1.807) is 0 Å². The van der Waals surface area contributed by atoms with Gasteiger partial charge in [-0.05, 0) is 24.6 Å². The van der Waals surface area contributed by atoms with Crippen molar-refractivity contribution in [3.8, 4) is 5.75 Å². The number of aromatic carboxylic acids is 1. The number of hydrogen-bond donors (Lipinski definition) is 3. The van der Waals surface area contributed by atoms with Crippen LogP contribution in [0.3, 0.4) is 0 Å². The molecule has 0 radical (unpaired) electrons. The molecule has 8 nitrogen and oxygen atoms in total. The van der Waals surface area contributed by atoms with Gasteiger partial charge in [-0.2, -0.15) is 0 Å². The van der Waals surface area contributed by atoms with Crippen LogP contribution < -0.4 is 15.2 Å². The summed E-state index contributed by atoms with van der Waals surface area (Å²) in [5, 5.41) is 16.5. The van der Waals surface area contributed by atoms with Crippen LogP contribution in [0.5, 0.6) is 5.75 Å². The molecule has 1 aromatic carbocycles. The van der Waals surface area contributed by atoms with Gasteiger partial charge in [0, 0.05) is 6.54 Å². The molecule has 0 aliphatic carbocycles. The fourth-order valence-electron chi connectivity index (χ4n) is 1.44. The minimum absolute atomic E-state index is 0.110. The summed E-state index contributed by atoms with van der Waals surface area (Å²) in [5.74, 6) is -1.89. The quantitative estimate of drug-likeness (QED) is 0.644. The van der Waals surface area contributed by atoms with Gasteiger partial charge in [0.1, 0.15) is 11.3 Å². The van der Waals surface area contributed by atoms with Crippen LogP contribution in [0.25, 0.3) is 0 Å². The van der Waals surface area contributed by atoms with Crippen LogP contribution in [-0.2, 0) is 14.8 Å². The SMILES string of the molecule is CCCNC(=O)COc1ccc(S(N)(=O)=O)cc1C(=O)O. The Labute approximate surface area is 122 Å². The molecule has 0 heterocycles. The van der Waals surface area contributed by atoms with Crippen LogP contribution >= 0.6 is 0 Å². The lowest BCUT2D eigenvalue weighted by atomic mass is 10.2. The minimum Gasteiger partial charge on any atom is -0.483 e. The highest BCUT2D eigenvalue weighted by Crippen LogP contribution is 2.22. The molecule has 4 N–H and O–H groups in total. The molecule has 0 aliphatic rings. The predicted molar refractivity (Wildman–Crippen MR) is 73.6 cm³/mol. The van der Waals surface area contributed by atoms with E-state index in [4.69, 9.17) is 15.0 Å². The Morgan fingerprint density at radius 1 is 1.38 bits per heavy atom. The third-order valence-corrected chi connectivity index (χ3v) is 3.35. The van der Waals surface area contributed by atoms with Crippen molar-refractivity contribution in [2.75, 3.05) is 13.2 Å². The number of primary sulfonamides is 1. The third-order valence-electron chi connectivity index (χ3n) is 2.44. The average molecular weight is 316 g/mol. The van der Waals surface area contributed by atoms with Gasteiger partial charge in [0.2, 0.25) is 10.0 Å². The lowest BCUT2D eigenvalue weighted by molar-refractivity contribution is -0.123. The number of nitrogens with two attached hydrogens (primary N) is 1. The second-order valence-electron chi connectivity index (χ2n) is 4.15. The van der Waals surface area contributed by atoms with Crippen molar-refractivity contribution in [1.82, 2.24) is 5.32 Å². The zero-order valence-corrected chi connectivity index (χ0v) is 12.1. The van der Waals surface area contributed by atoms with E-state index in [9.17, 15) is 18.0 Å². The number of carboxylic acid groups (broad SMARTS) is 1. The number of benzene rings is 1. The fraction of sp³-hybridized carbons (Fsp3) is 0.333. The first-order valence-electron chi connectivity index (χ1n) is 6.05. The topological polar surface area (TPSA) is 136 Å².